The minimum atomic E-state index is -0.105. The van der Waals surface area contributed by atoms with Crippen LogP contribution in [0.4, 0.5) is 0 Å². The Morgan fingerprint density at radius 3 is 1.16 bits per heavy atom. The predicted octanol–water partition coefficient (Wildman–Crippen LogP) is 3.94. The maximum atomic E-state index is 12.4. The number of hydrogen-bond donors (Lipinski definition) is 2. The van der Waals surface area contributed by atoms with Crippen molar-refractivity contribution in [2.24, 2.45) is 35.3 Å². The first-order valence-corrected chi connectivity index (χ1v) is 30.7. The van der Waals surface area contributed by atoms with Gasteiger partial charge < -0.3 is 0 Å². The number of rotatable bonds is 48. The van der Waals surface area contributed by atoms with E-state index in [1.165, 1.54) is 0 Å². The van der Waals surface area contributed by atoms with Crippen LogP contribution >= 0.6 is 72.3 Å². The van der Waals surface area contributed by atoms with Crippen LogP contribution in [0.2, 0.25) is 0 Å². The molecule has 1 atom stereocenters. The Kier molecular flexibility index (Phi) is 58.5. The Balaban J connectivity index is -0.00000118. The van der Waals surface area contributed by atoms with Crippen molar-refractivity contribution < 1.29 is 28.8 Å². The molecule has 0 aliphatic carbocycles. The summed E-state index contributed by atoms with van der Waals surface area (Å²) in [6.45, 7) is 15.7. The Morgan fingerprint density at radius 1 is 0.459 bits per heavy atom. The summed E-state index contributed by atoms with van der Waals surface area (Å²) in [5.74, 6) is 7.14. The average molecular weight is 1130 g/mol. The van der Waals surface area contributed by atoms with E-state index in [1.54, 1.807) is 73.9 Å². The molecule has 0 aromatic rings. The van der Waals surface area contributed by atoms with Crippen molar-refractivity contribution >= 4 is 153 Å². The van der Waals surface area contributed by atoms with Gasteiger partial charge in [-0.05, 0) is 0 Å². The quantitative estimate of drug-likeness (QED) is 0.0391. The molecule has 0 saturated heterocycles. The molecular formula is C45H79B6N11O6S6. The van der Waals surface area contributed by atoms with E-state index in [9.17, 15) is 28.8 Å². The number of hydrogen-bond acceptors (Lipinski definition) is 18. The molecular weight excluding hydrogens is 1050 g/mol. The van der Waals surface area contributed by atoms with E-state index in [-0.39, 0.29) is 80.5 Å². The van der Waals surface area contributed by atoms with Crippen LogP contribution in [0.25, 0.3) is 0 Å². The standard InChI is InChI=1S/C24H43B3N5O3S3.C15H24B2N4O2S.C6H12BN2OS2/c1-3-4-7-21(22(33)18-28-25)8-5-13-37-16-11-31(23(34)19-29-26)9-6-14-38-17-12-32(10-15-36-2)24(35)20-30-27;1-3-6-20(14(22)12-18-16)8-5-10-24-11-9-21(7-4-2)15(23)13-19-17;7-8-5-6(10)9(1-3-11)2-4-12/h21H,3-20H2,1-2H3;3-4H,1-2,5-13H2;11-12H,1-5H2. The number of carbonyl (C=O) groups excluding carboxylic acids is 6. The van der Waals surface area contributed by atoms with Crippen LogP contribution < -0.4 is 0 Å². The van der Waals surface area contributed by atoms with Crippen molar-refractivity contribution in [1.82, 2.24) is 24.5 Å². The second-order valence-electron chi connectivity index (χ2n) is 15.9. The van der Waals surface area contributed by atoms with Gasteiger partial charge in [-0.3, -0.25) is 0 Å². The Hall–Kier alpha value is -2.21. The molecule has 0 bridgehead atoms. The number of amides is 5. The van der Waals surface area contributed by atoms with Crippen LogP contribution in [0.15, 0.2) is 54.7 Å². The monoisotopic (exact) mass is 1130 g/mol. The maximum absolute atomic E-state index is 12.4. The first-order valence-electron chi connectivity index (χ1n) is 24.6. The van der Waals surface area contributed by atoms with Crippen molar-refractivity contribution in [2.75, 3.05) is 163 Å². The van der Waals surface area contributed by atoms with Gasteiger partial charge in [0.25, 0.3) is 0 Å². The van der Waals surface area contributed by atoms with E-state index in [2.05, 4.69) is 74.7 Å². The van der Waals surface area contributed by atoms with Crippen LogP contribution in [0.3, 0.4) is 0 Å². The van der Waals surface area contributed by atoms with Gasteiger partial charge in [0, 0.05) is 0 Å². The fourth-order valence-electron chi connectivity index (χ4n) is 6.48. The van der Waals surface area contributed by atoms with Crippen LogP contribution in [0, 0.1) is 5.92 Å². The summed E-state index contributed by atoms with van der Waals surface area (Å²) < 4.78 is 0. The van der Waals surface area contributed by atoms with Gasteiger partial charge in [0.15, 0.2) is 0 Å². The zero-order valence-electron chi connectivity index (χ0n) is 44.1. The van der Waals surface area contributed by atoms with Crippen LogP contribution in [0.1, 0.15) is 51.9 Å². The fourth-order valence-corrected chi connectivity index (χ4v) is 10.1. The molecule has 5 amide bonds. The Morgan fingerprint density at radius 2 is 0.784 bits per heavy atom. The summed E-state index contributed by atoms with van der Waals surface area (Å²) in [4.78, 5) is 101. The molecule has 0 aromatic heterocycles. The molecule has 0 aromatic carbocycles. The van der Waals surface area contributed by atoms with Gasteiger partial charge in [0.1, 0.15) is 0 Å². The summed E-state index contributed by atoms with van der Waals surface area (Å²) >= 11 is 15.1. The van der Waals surface area contributed by atoms with Crippen molar-refractivity contribution in [2.45, 2.75) is 51.9 Å². The SMILES string of the molecule is [B]=NCC(=O)C(CCCC)CCCSCCN(CCCSCCN(CCSC)C(=O)CN=[B])C(=O)CN=[B].[B]=NCC(=O)N(CC=C)CCCSCCN(CC=C)C(=O)CN=[B].[B]=NCC(=O)N(CCS)CCS. The first-order chi connectivity index (χ1) is 35.8. The number of thiol groups is 2. The van der Waals surface area contributed by atoms with Gasteiger partial charge >= 0.3 is 482 Å². The van der Waals surface area contributed by atoms with Crippen LogP contribution in [-0.4, -0.2) is 268 Å². The van der Waals surface area contributed by atoms with E-state index in [0.29, 0.717) is 77.0 Å². The van der Waals surface area contributed by atoms with Crippen LogP contribution in [0.5, 0.6) is 0 Å². The third kappa shape index (κ3) is 43.8. The molecule has 0 spiro atoms. The number of thioether (sulfide) groups is 4. The van der Waals surface area contributed by atoms with Crippen molar-refractivity contribution in [3.63, 3.8) is 0 Å². The molecule has 0 heterocycles. The summed E-state index contributed by atoms with van der Waals surface area (Å²) in [5, 5.41) is 0. The van der Waals surface area contributed by atoms with Crippen LogP contribution in [-0.2, 0) is 28.8 Å². The number of Topliss-reactive ketones (excluding diaryl/α,β-unsaturated/α-hetero) is 1. The second kappa shape index (κ2) is 57.0. The zero-order chi connectivity index (χ0) is 56.0. The fraction of sp³-hybridized carbons (Fsp3) is 0.778. The first kappa shape index (κ1) is 76.0. The van der Waals surface area contributed by atoms with Gasteiger partial charge in [-0.2, -0.15) is 0 Å². The van der Waals surface area contributed by atoms with E-state index >= 15 is 0 Å². The minimum absolute atomic E-state index is 0.00813. The van der Waals surface area contributed by atoms with Crippen molar-refractivity contribution in [3.8, 4) is 0 Å². The van der Waals surface area contributed by atoms with Gasteiger partial charge in [0.05, 0.1) is 0 Å². The number of unbranched alkanes of at least 4 members (excludes halogenated alkanes) is 1. The molecule has 0 rings (SSSR count). The van der Waals surface area contributed by atoms with Gasteiger partial charge in [-0.1, -0.05) is 0 Å². The van der Waals surface area contributed by atoms with Crippen molar-refractivity contribution in [3.05, 3.63) is 25.3 Å². The van der Waals surface area contributed by atoms with E-state index in [4.69, 9.17) is 45.8 Å². The summed E-state index contributed by atoms with van der Waals surface area (Å²) in [7, 11) is 30.6. The summed E-state index contributed by atoms with van der Waals surface area (Å²) in [5.41, 5.74) is 0. The van der Waals surface area contributed by atoms with E-state index in [0.717, 1.165) is 85.2 Å². The number of ketones is 1. The third-order valence-electron chi connectivity index (χ3n) is 10.3. The van der Waals surface area contributed by atoms with Gasteiger partial charge in [-0.15, -0.1) is 0 Å². The molecule has 0 saturated carbocycles. The zero-order valence-corrected chi connectivity index (χ0v) is 49.2. The topological polar surface area (TPSA) is 193 Å². The Labute approximate surface area is 478 Å². The average Bonchev–Trinajstić information content (AvgIpc) is 3.38. The van der Waals surface area contributed by atoms with Gasteiger partial charge in [-0.25, -0.2) is 0 Å². The molecule has 17 nitrogen and oxygen atoms in total. The molecule has 0 aliphatic heterocycles. The molecule has 74 heavy (non-hydrogen) atoms. The van der Waals surface area contributed by atoms with E-state index in [1.807, 2.05) is 16.1 Å². The third-order valence-corrected chi connectivity index (χ3v) is 14.4. The summed E-state index contributed by atoms with van der Waals surface area (Å²) in [6.07, 6.45) is 11.9. The predicted molar refractivity (Wildman–Crippen MR) is 326 cm³/mol. The van der Waals surface area contributed by atoms with Crippen molar-refractivity contribution in [1.29, 1.82) is 0 Å². The Bertz CT molecular complexity index is 1550. The second-order valence-corrected chi connectivity index (χ2v) is 21.4. The number of nitrogens with zero attached hydrogens (tertiary/aromatic N) is 11. The molecule has 29 heteroatoms. The molecule has 1 unspecified atom stereocenters. The van der Waals surface area contributed by atoms with Gasteiger partial charge in [0.2, 0.25) is 0 Å². The molecule has 0 N–H and O–H groups in total. The molecule has 6 radical (unpaired) electrons. The molecule has 0 fully saturated rings. The normalized spacial score (nSPS) is 10.6. The summed E-state index contributed by atoms with van der Waals surface area (Å²) in [6, 6.07) is 0. The van der Waals surface area contributed by atoms with E-state index < -0.39 is 0 Å². The molecule has 404 valence electrons. The number of carbonyl (C=O) groups is 6. The molecule has 0 aliphatic rings.